The van der Waals surface area contributed by atoms with E-state index in [0.29, 0.717) is 22.9 Å². The molecule has 0 bridgehead atoms. The minimum atomic E-state index is -0.525. The van der Waals surface area contributed by atoms with Crippen LogP contribution in [0.4, 0.5) is 17.3 Å². The molecule has 0 saturated heterocycles. The smallest absolute Gasteiger partial charge is 0.255 e. The quantitative estimate of drug-likeness (QED) is 0.645. The van der Waals surface area contributed by atoms with Crippen molar-refractivity contribution in [2.24, 2.45) is 0 Å². The van der Waals surface area contributed by atoms with E-state index in [9.17, 15) is 4.79 Å². The maximum Gasteiger partial charge on any atom is 0.255 e. The van der Waals surface area contributed by atoms with E-state index in [-0.39, 0.29) is 5.91 Å². The molecule has 2 N–H and O–H groups in total. The van der Waals surface area contributed by atoms with Gasteiger partial charge in [0.25, 0.3) is 11.7 Å². The molecule has 1 fully saturated rings. The van der Waals surface area contributed by atoms with Crippen molar-refractivity contribution in [2.45, 2.75) is 37.9 Å². The number of fused-ring (bicyclic) bond motifs is 1. The van der Waals surface area contributed by atoms with Crippen molar-refractivity contribution in [1.29, 1.82) is 0 Å². The summed E-state index contributed by atoms with van der Waals surface area (Å²) in [4.78, 5) is 21.0. The molecule has 2 heterocycles. The third-order valence-corrected chi connectivity index (χ3v) is 5.36. The first-order valence-corrected chi connectivity index (χ1v) is 10.2. The largest absolute Gasteiger partial charge is 0.448 e. The molecule has 0 radical (unpaired) electrons. The van der Waals surface area contributed by atoms with Crippen LogP contribution in [0, 0.1) is 0 Å². The van der Waals surface area contributed by atoms with E-state index in [2.05, 4.69) is 20.6 Å². The van der Waals surface area contributed by atoms with Crippen molar-refractivity contribution in [2.75, 3.05) is 10.6 Å². The van der Waals surface area contributed by atoms with Crippen LogP contribution in [-0.4, -0.2) is 21.7 Å². The molecule has 3 aromatic rings. The number of ether oxygens (including phenoxy) is 2. The normalized spacial score (nSPS) is 16.3. The average Bonchev–Trinajstić information content (AvgIpc) is 3.11. The molecule has 7 nitrogen and oxygen atoms in total. The lowest BCUT2D eigenvalue weighted by atomic mass is 9.94. The zero-order valence-electron chi connectivity index (χ0n) is 16.4. The van der Waals surface area contributed by atoms with Gasteiger partial charge in [-0.2, -0.15) is 0 Å². The zero-order valence-corrected chi connectivity index (χ0v) is 16.4. The summed E-state index contributed by atoms with van der Waals surface area (Å²) >= 11 is 0. The van der Waals surface area contributed by atoms with Gasteiger partial charge in [0, 0.05) is 48.2 Å². The Morgan fingerprint density at radius 2 is 1.67 bits per heavy atom. The van der Waals surface area contributed by atoms with E-state index < -0.39 is 5.79 Å². The molecular formula is C23H22N4O3. The Morgan fingerprint density at radius 1 is 0.867 bits per heavy atom. The summed E-state index contributed by atoms with van der Waals surface area (Å²) in [5.41, 5.74) is 1.93. The molecule has 1 aliphatic carbocycles. The third-order valence-electron chi connectivity index (χ3n) is 5.36. The summed E-state index contributed by atoms with van der Waals surface area (Å²) in [6.45, 7) is 0. The van der Waals surface area contributed by atoms with Crippen LogP contribution in [-0.2, 0) is 0 Å². The van der Waals surface area contributed by atoms with E-state index in [1.54, 1.807) is 30.6 Å². The van der Waals surface area contributed by atoms with Crippen molar-refractivity contribution < 1.29 is 14.3 Å². The fraction of sp³-hybridized carbons (Fsp3) is 0.261. The van der Waals surface area contributed by atoms with E-state index in [1.165, 1.54) is 6.42 Å². The van der Waals surface area contributed by atoms with Crippen molar-refractivity contribution in [3.05, 3.63) is 66.5 Å². The summed E-state index contributed by atoms with van der Waals surface area (Å²) in [5, 5.41) is 6.03. The molecule has 2 aromatic carbocycles. The minimum Gasteiger partial charge on any atom is -0.448 e. The minimum absolute atomic E-state index is 0.209. The molecule has 7 heteroatoms. The number of carbonyl (C=O) groups excluding carboxylic acids is 1. The van der Waals surface area contributed by atoms with Crippen LogP contribution in [0.15, 0.2) is 60.9 Å². The standard InChI is InChI=1S/C23H22N4O3/c28-21(16-6-4-7-17(14-16)27-22-24-12-5-13-25-22)26-18-8-9-19-20(15-18)30-23(29-19)10-2-1-3-11-23/h4-9,12-15H,1-3,10-11H2,(H,26,28)(H,24,25,27). The van der Waals surface area contributed by atoms with Gasteiger partial charge >= 0.3 is 0 Å². The molecule has 5 rings (SSSR count). The molecule has 0 atom stereocenters. The summed E-state index contributed by atoms with van der Waals surface area (Å²) in [6.07, 6.45) is 8.54. The Morgan fingerprint density at radius 3 is 2.50 bits per heavy atom. The van der Waals surface area contributed by atoms with Crippen molar-refractivity contribution in [3.8, 4) is 11.5 Å². The summed E-state index contributed by atoms with van der Waals surface area (Å²) < 4.78 is 12.2. The maximum absolute atomic E-state index is 12.8. The van der Waals surface area contributed by atoms with Crippen LogP contribution in [0.2, 0.25) is 0 Å². The van der Waals surface area contributed by atoms with Crippen LogP contribution in [0.1, 0.15) is 42.5 Å². The van der Waals surface area contributed by atoms with Gasteiger partial charge in [0.05, 0.1) is 0 Å². The Hall–Kier alpha value is -3.61. The van der Waals surface area contributed by atoms with Gasteiger partial charge in [-0.1, -0.05) is 12.5 Å². The summed E-state index contributed by atoms with van der Waals surface area (Å²) in [6, 6.07) is 14.5. The fourth-order valence-electron chi connectivity index (χ4n) is 3.90. The van der Waals surface area contributed by atoms with Crippen LogP contribution < -0.4 is 20.1 Å². The summed E-state index contributed by atoms with van der Waals surface area (Å²) in [7, 11) is 0. The van der Waals surface area contributed by atoms with Gasteiger partial charge in [-0.05, 0) is 49.2 Å². The number of nitrogens with one attached hydrogen (secondary N) is 2. The second kappa shape index (κ2) is 7.67. The van der Waals surface area contributed by atoms with Gasteiger partial charge < -0.3 is 20.1 Å². The number of anilines is 3. The van der Waals surface area contributed by atoms with Gasteiger partial charge in [0.1, 0.15) is 0 Å². The third kappa shape index (κ3) is 3.78. The van der Waals surface area contributed by atoms with Gasteiger partial charge in [-0.15, -0.1) is 0 Å². The summed E-state index contributed by atoms with van der Waals surface area (Å²) in [5.74, 6) is 1.17. The average molecular weight is 402 g/mol. The predicted octanol–water partition coefficient (Wildman–Crippen LogP) is 4.90. The van der Waals surface area contributed by atoms with Gasteiger partial charge in [0.2, 0.25) is 5.95 Å². The molecule has 152 valence electrons. The number of carbonyl (C=O) groups is 1. The lowest BCUT2D eigenvalue weighted by Crippen LogP contribution is -2.40. The molecule has 30 heavy (non-hydrogen) atoms. The van der Waals surface area contributed by atoms with Crippen LogP contribution in [0.25, 0.3) is 0 Å². The van der Waals surface area contributed by atoms with Crippen LogP contribution in [0.5, 0.6) is 11.5 Å². The van der Waals surface area contributed by atoms with E-state index in [0.717, 1.165) is 37.1 Å². The van der Waals surface area contributed by atoms with E-state index in [4.69, 9.17) is 9.47 Å². The van der Waals surface area contributed by atoms with Crippen LogP contribution >= 0.6 is 0 Å². The van der Waals surface area contributed by atoms with Crippen molar-refractivity contribution in [1.82, 2.24) is 9.97 Å². The number of benzene rings is 2. The molecule has 1 aromatic heterocycles. The maximum atomic E-state index is 12.8. The number of aromatic nitrogens is 2. The molecule has 1 saturated carbocycles. The highest BCUT2D eigenvalue weighted by atomic mass is 16.7. The first kappa shape index (κ1) is 18.4. The fourth-order valence-corrected chi connectivity index (χ4v) is 3.90. The Labute approximate surface area is 174 Å². The van der Waals surface area contributed by atoms with E-state index in [1.807, 2.05) is 30.3 Å². The lowest BCUT2D eigenvalue weighted by molar-refractivity contribution is -0.105. The molecule has 0 unspecified atom stereocenters. The second-order valence-electron chi connectivity index (χ2n) is 7.57. The Bertz CT molecular complexity index is 1070. The number of rotatable bonds is 4. The first-order chi connectivity index (χ1) is 14.7. The predicted molar refractivity (Wildman–Crippen MR) is 113 cm³/mol. The lowest BCUT2D eigenvalue weighted by Gasteiger charge is -2.31. The number of hydrogen-bond donors (Lipinski definition) is 2. The number of nitrogens with zero attached hydrogens (tertiary/aromatic N) is 2. The second-order valence-corrected chi connectivity index (χ2v) is 7.57. The topological polar surface area (TPSA) is 85.4 Å². The number of amides is 1. The highest BCUT2D eigenvalue weighted by Crippen LogP contribution is 2.46. The number of hydrogen-bond acceptors (Lipinski definition) is 6. The van der Waals surface area contributed by atoms with Gasteiger partial charge in [0.15, 0.2) is 11.5 Å². The Balaban J connectivity index is 1.29. The Kier molecular flexibility index (Phi) is 4.71. The molecule has 1 aliphatic heterocycles. The first-order valence-electron chi connectivity index (χ1n) is 10.2. The molecule has 2 aliphatic rings. The zero-order chi connectivity index (χ0) is 20.4. The monoisotopic (exact) mass is 402 g/mol. The van der Waals surface area contributed by atoms with Gasteiger partial charge in [-0.3, -0.25) is 4.79 Å². The highest BCUT2D eigenvalue weighted by molar-refractivity contribution is 6.05. The van der Waals surface area contributed by atoms with E-state index >= 15 is 0 Å². The highest BCUT2D eigenvalue weighted by Gasteiger charge is 2.42. The van der Waals surface area contributed by atoms with Crippen molar-refractivity contribution in [3.63, 3.8) is 0 Å². The molecule has 1 amide bonds. The SMILES string of the molecule is O=C(Nc1ccc2c(c1)OC1(CCCCC1)O2)c1cccc(Nc2ncccn2)c1. The van der Waals surface area contributed by atoms with Crippen molar-refractivity contribution >= 4 is 23.2 Å². The van der Waals surface area contributed by atoms with Gasteiger partial charge in [-0.25, -0.2) is 9.97 Å². The molecule has 1 spiro atoms. The molecular weight excluding hydrogens is 380 g/mol. The van der Waals surface area contributed by atoms with Crippen LogP contribution in [0.3, 0.4) is 0 Å².